The molecule has 122 valence electrons. The Morgan fingerprint density at radius 2 is 1.96 bits per heavy atom. The second kappa shape index (κ2) is 6.72. The van der Waals surface area contributed by atoms with E-state index in [1.807, 2.05) is 11.0 Å². The van der Waals surface area contributed by atoms with Crippen LogP contribution >= 0.6 is 0 Å². The molecule has 0 aromatic heterocycles. The fraction of sp³-hybridized carbons (Fsp3) is 0.579. The van der Waals surface area contributed by atoms with Crippen molar-refractivity contribution in [1.29, 1.82) is 5.26 Å². The molecule has 4 nitrogen and oxygen atoms in total. The van der Waals surface area contributed by atoms with Gasteiger partial charge >= 0.3 is 0 Å². The lowest BCUT2D eigenvalue weighted by atomic mass is 10.0. The maximum atomic E-state index is 12.8. The molecule has 1 aromatic rings. The Labute approximate surface area is 138 Å². The molecule has 2 aliphatic rings. The molecule has 1 amide bonds. The Kier molecular flexibility index (Phi) is 4.68. The van der Waals surface area contributed by atoms with Crippen LogP contribution in [0.4, 0.5) is 0 Å². The van der Waals surface area contributed by atoms with Crippen LogP contribution in [0.3, 0.4) is 0 Å². The molecule has 2 aliphatic heterocycles. The summed E-state index contributed by atoms with van der Waals surface area (Å²) < 4.78 is 0. The average Bonchev–Trinajstić information content (AvgIpc) is 2.93. The zero-order valence-corrected chi connectivity index (χ0v) is 14.0. The van der Waals surface area contributed by atoms with Crippen molar-refractivity contribution in [1.82, 2.24) is 9.80 Å². The minimum Gasteiger partial charge on any atom is -0.337 e. The first-order valence-corrected chi connectivity index (χ1v) is 8.67. The largest absolute Gasteiger partial charge is 0.337 e. The zero-order valence-electron chi connectivity index (χ0n) is 14.0. The van der Waals surface area contributed by atoms with Crippen LogP contribution in [0.25, 0.3) is 0 Å². The minimum atomic E-state index is 0.0614. The summed E-state index contributed by atoms with van der Waals surface area (Å²) in [6.45, 7) is 6.24. The quantitative estimate of drug-likeness (QED) is 0.843. The maximum Gasteiger partial charge on any atom is 0.253 e. The maximum absolute atomic E-state index is 12.8. The van der Waals surface area contributed by atoms with Crippen molar-refractivity contribution in [2.45, 2.75) is 57.7 Å². The van der Waals surface area contributed by atoms with Crippen molar-refractivity contribution >= 4 is 5.91 Å². The SMILES string of the molecule is C[C@@H]1CC[C@H](C)N1[C@H]1CCCN(C(=O)c2cccc(C#N)c2)C1. The standard InChI is InChI=1S/C19H25N3O/c1-14-8-9-15(2)22(14)18-7-4-10-21(13-18)19(23)17-6-3-5-16(11-17)12-20/h3,5-6,11,14-15,18H,4,7-10,13H2,1-2H3/t14-,15+,18-/m0/s1. The van der Waals surface area contributed by atoms with Crippen LogP contribution in [0.15, 0.2) is 24.3 Å². The van der Waals surface area contributed by atoms with Crippen LogP contribution in [-0.2, 0) is 0 Å². The lowest BCUT2D eigenvalue weighted by Crippen LogP contribution is -2.52. The number of piperidine rings is 1. The first-order valence-electron chi connectivity index (χ1n) is 8.67. The van der Waals surface area contributed by atoms with Gasteiger partial charge in [0.05, 0.1) is 11.6 Å². The van der Waals surface area contributed by atoms with E-state index >= 15 is 0 Å². The fourth-order valence-corrected chi connectivity index (χ4v) is 4.22. The molecular weight excluding hydrogens is 286 g/mol. The number of rotatable bonds is 2. The van der Waals surface area contributed by atoms with E-state index in [1.165, 1.54) is 19.3 Å². The molecule has 0 saturated carbocycles. The Bertz CT molecular complexity index is 611. The molecule has 2 heterocycles. The van der Waals surface area contributed by atoms with Crippen molar-refractivity contribution in [3.63, 3.8) is 0 Å². The van der Waals surface area contributed by atoms with Gasteiger partial charge in [-0.2, -0.15) is 5.26 Å². The Hall–Kier alpha value is -1.86. The van der Waals surface area contributed by atoms with Gasteiger partial charge in [0.15, 0.2) is 0 Å². The number of hydrogen-bond acceptors (Lipinski definition) is 3. The highest BCUT2D eigenvalue weighted by molar-refractivity contribution is 5.94. The molecule has 0 unspecified atom stereocenters. The molecule has 0 N–H and O–H groups in total. The van der Waals surface area contributed by atoms with E-state index in [0.29, 0.717) is 29.3 Å². The second-order valence-electron chi connectivity index (χ2n) is 6.96. The summed E-state index contributed by atoms with van der Waals surface area (Å²) in [7, 11) is 0. The van der Waals surface area contributed by atoms with Crippen molar-refractivity contribution in [2.24, 2.45) is 0 Å². The van der Waals surface area contributed by atoms with Crippen LogP contribution < -0.4 is 0 Å². The molecule has 4 heteroatoms. The Balaban J connectivity index is 1.73. The predicted octanol–water partition coefficient (Wildman–Crippen LogP) is 3.04. The van der Waals surface area contributed by atoms with Gasteiger partial charge < -0.3 is 4.90 Å². The van der Waals surface area contributed by atoms with Gasteiger partial charge in [0, 0.05) is 36.8 Å². The molecule has 3 rings (SSSR count). The van der Waals surface area contributed by atoms with Gasteiger partial charge in [0.1, 0.15) is 0 Å². The van der Waals surface area contributed by atoms with Gasteiger partial charge in [0.25, 0.3) is 5.91 Å². The summed E-state index contributed by atoms with van der Waals surface area (Å²) >= 11 is 0. The van der Waals surface area contributed by atoms with Crippen molar-refractivity contribution in [2.75, 3.05) is 13.1 Å². The predicted molar refractivity (Wildman–Crippen MR) is 90.1 cm³/mol. The smallest absolute Gasteiger partial charge is 0.253 e. The Morgan fingerprint density at radius 1 is 1.22 bits per heavy atom. The molecule has 0 spiro atoms. The molecule has 2 saturated heterocycles. The van der Waals surface area contributed by atoms with E-state index < -0.39 is 0 Å². The van der Waals surface area contributed by atoms with Crippen molar-refractivity contribution < 1.29 is 4.79 Å². The number of carbonyl (C=O) groups is 1. The Morgan fingerprint density at radius 3 is 2.65 bits per heavy atom. The number of likely N-dealkylation sites (tertiary alicyclic amines) is 2. The van der Waals surface area contributed by atoms with Crippen LogP contribution in [-0.4, -0.2) is 46.9 Å². The summed E-state index contributed by atoms with van der Waals surface area (Å²) in [6.07, 6.45) is 4.76. The van der Waals surface area contributed by atoms with E-state index in [0.717, 1.165) is 19.5 Å². The number of hydrogen-bond donors (Lipinski definition) is 0. The normalized spacial score (nSPS) is 28.6. The molecule has 3 atom stereocenters. The molecule has 2 fully saturated rings. The second-order valence-corrected chi connectivity index (χ2v) is 6.96. The lowest BCUT2D eigenvalue weighted by molar-refractivity contribution is 0.0487. The van der Waals surface area contributed by atoms with Crippen LogP contribution in [0.1, 0.15) is 55.5 Å². The third-order valence-electron chi connectivity index (χ3n) is 5.36. The molecular formula is C19H25N3O. The fourth-order valence-electron chi connectivity index (χ4n) is 4.22. The molecule has 0 aliphatic carbocycles. The van der Waals surface area contributed by atoms with Crippen molar-refractivity contribution in [3.8, 4) is 6.07 Å². The van der Waals surface area contributed by atoms with E-state index in [2.05, 4.69) is 24.8 Å². The number of amides is 1. The lowest BCUT2D eigenvalue weighted by Gasteiger charge is -2.41. The van der Waals surface area contributed by atoms with Gasteiger partial charge in [-0.1, -0.05) is 6.07 Å². The van der Waals surface area contributed by atoms with Gasteiger partial charge in [0.2, 0.25) is 0 Å². The third-order valence-corrected chi connectivity index (χ3v) is 5.36. The van der Waals surface area contributed by atoms with Crippen LogP contribution in [0, 0.1) is 11.3 Å². The van der Waals surface area contributed by atoms with Crippen molar-refractivity contribution in [3.05, 3.63) is 35.4 Å². The van der Waals surface area contributed by atoms with Gasteiger partial charge in [-0.25, -0.2) is 0 Å². The van der Waals surface area contributed by atoms with Gasteiger partial charge in [-0.3, -0.25) is 9.69 Å². The highest BCUT2D eigenvalue weighted by Crippen LogP contribution is 2.30. The zero-order chi connectivity index (χ0) is 16.4. The summed E-state index contributed by atoms with van der Waals surface area (Å²) in [5, 5.41) is 9.02. The first kappa shape index (κ1) is 16.0. The van der Waals surface area contributed by atoms with Crippen LogP contribution in [0.2, 0.25) is 0 Å². The minimum absolute atomic E-state index is 0.0614. The number of carbonyl (C=O) groups excluding carboxylic acids is 1. The first-order chi connectivity index (χ1) is 11.1. The van der Waals surface area contributed by atoms with Gasteiger partial charge in [-0.15, -0.1) is 0 Å². The monoisotopic (exact) mass is 311 g/mol. The molecule has 23 heavy (non-hydrogen) atoms. The van der Waals surface area contributed by atoms with Crippen LogP contribution in [0.5, 0.6) is 0 Å². The summed E-state index contributed by atoms with van der Waals surface area (Å²) in [5.41, 5.74) is 1.18. The van der Waals surface area contributed by atoms with E-state index in [9.17, 15) is 4.79 Å². The molecule has 0 radical (unpaired) electrons. The number of nitrogens with zero attached hydrogens (tertiary/aromatic N) is 3. The summed E-state index contributed by atoms with van der Waals surface area (Å²) in [5.74, 6) is 0.0614. The average molecular weight is 311 g/mol. The summed E-state index contributed by atoms with van der Waals surface area (Å²) in [6, 6.07) is 10.9. The molecule has 0 bridgehead atoms. The number of nitriles is 1. The van der Waals surface area contributed by atoms with E-state index in [1.54, 1.807) is 18.2 Å². The molecule has 1 aromatic carbocycles. The highest BCUT2D eigenvalue weighted by atomic mass is 16.2. The van der Waals surface area contributed by atoms with E-state index in [4.69, 9.17) is 5.26 Å². The third kappa shape index (κ3) is 3.25. The summed E-state index contributed by atoms with van der Waals surface area (Å²) in [4.78, 5) is 17.4. The topological polar surface area (TPSA) is 47.3 Å². The number of benzene rings is 1. The van der Waals surface area contributed by atoms with E-state index in [-0.39, 0.29) is 5.91 Å². The van der Waals surface area contributed by atoms with Gasteiger partial charge in [-0.05, 0) is 57.7 Å². The highest BCUT2D eigenvalue weighted by Gasteiger charge is 2.36.